The summed E-state index contributed by atoms with van der Waals surface area (Å²) in [6.45, 7) is 2.79. The van der Waals surface area contributed by atoms with Gasteiger partial charge in [0.05, 0.1) is 12.6 Å². The zero-order chi connectivity index (χ0) is 17.6. The second-order valence-corrected chi connectivity index (χ2v) is 6.66. The topological polar surface area (TPSA) is 58.8 Å². The minimum atomic E-state index is -0.129. The molecule has 0 bridgehead atoms. The zero-order valence-electron chi connectivity index (χ0n) is 14.9. The number of likely N-dealkylation sites (N-methyl/N-ethyl adjacent to an activating group) is 1. The summed E-state index contributed by atoms with van der Waals surface area (Å²) in [6.07, 6.45) is 2.21. The molecule has 2 aromatic rings. The summed E-state index contributed by atoms with van der Waals surface area (Å²) >= 11 is 0. The van der Waals surface area contributed by atoms with Gasteiger partial charge in [-0.05, 0) is 25.5 Å². The summed E-state index contributed by atoms with van der Waals surface area (Å²) in [6, 6.07) is 12.0. The Morgan fingerprint density at radius 1 is 1.24 bits per heavy atom. The fourth-order valence-electron chi connectivity index (χ4n) is 3.08. The third-order valence-electron chi connectivity index (χ3n) is 4.35. The minimum absolute atomic E-state index is 0.129. The molecule has 0 aliphatic carbocycles. The van der Waals surface area contributed by atoms with E-state index in [9.17, 15) is 4.79 Å². The molecule has 1 atom stereocenters. The van der Waals surface area contributed by atoms with Crippen molar-refractivity contribution in [3.8, 4) is 0 Å². The van der Waals surface area contributed by atoms with Gasteiger partial charge in [-0.25, -0.2) is 0 Å². The maximum Gasteiger partial charge on any atom is 0.275 e. The van der Waals surface area contributed by atoms with Crippen LogP contribution >= 0.6 is 0 Å². The third-order valence-corrected chi connectivity index (χ3v) is 4.35. The van der Waals surface area contributed by atoms with E-state index in [0.717, 1.165) is 26.0 Å². The first-order valence-corrected chi connectivity index (χ1v) is 8.67. The number of rotatable bonds is 7. The number of hydrogen-bond acceptors (Lipinski definition) is 5. The van der Waals surface area contributed by atoms with Crippen LogP contribution < -0.4 is 0 Å². The fraction of sp³-hybridized carbons (Fsp3) is 0.474. The van der Waals surface area contributed by atoms with Crippen molar-refractivity contribution in [1.29, 1.82) is 0 Å². The Kier molecular flexibility index (Phi) is 5.83. The Bertz CT molecular complexity index is 680. The van der Waals surface area contributed by atoms with Gasteiger partial charge in [-0.15, -0.1) is 0 Å². The number of carbonyl (C=O) groups is 1. The van der Waals surface area contributed by atoms with E-state index in [-0.39, 0.29) is 12.0 Å². The molecule has 6 nitrogen and oxygen atoms in total. The van der Waals surface area contributed by atoms with Crippen LogP contribution in [0.4, 0.5) is 0 Å². The quantitative estimate of drug-likeness (QED) is 0.773. The first-order chi connectivity index (χ1) is 12.1. The van der Waals surface area contributed by atoms with Crippen molar-refractivity contribution >= 4 is 5.91 Å². The summed E-state index contributed by atoms with van der Waals surface area (Å²) < 4.78 is 10.9. The van der Waals surface area contributed by atoms with Gasteiger partial charge in [0.25, 0.3) is 5.91 Å². The number of benzene rings is 1. The molecule has 1 aromatic heterocycles. The zero-order valence-corrected chi connectivity index (χ0v) is 14.9. The number of hydrogen-bond donors (Lipinski definition) is 0. The standard InChI is InChI=1S/C19H25N3O3/c1-21(12-15-7-4-3-5-8-15)13-17-11-18(20-25-17)19(23)22(2)14-16-9-6-10-24-16/h3-5,7-8,11,16H,6,9-10,12-14H2,1-2H3. The number of aromatic nitrogens is 1. The Labute approximate surface area is 148 Å². The molecule has 2 heterocycles. The van der Waals surface area contributed by atoms with Crippen molar-refractivity contribution in [3.05, 3.63) is 53.4 Å². The fourth-order valence-corrected chi connectivity index (χ4v) is 3.08. The molecular formula is C19H25N3O3. The van der Waals surface area contributed by atoms with Gasteiger partial charge in [0.15, 0.2) is 11.5 Å². The first-order valence-electron chi connectivity index (χ1n) is 8.67. The van der Waals surface area contributed by atoms with E-state index < -0.39 is 0 Å². The minimum Gasteiger partial charge on any atom is -0.376 e. The smallest absolute Gasteiger partial charge is 0.275 e. The van der Waals surface area contributed by atoms with Crippen molar-refractivity contribution in [2.75, 3.05) is 27.2 Å². The number of nitrogens with zero attached hydrogens (tertiary/aromatic N) is 3. The Balaban J connectivity index is 1.53. The van der Waals surface area contributed by atoms with E-state index in [1.165, 1.54) is 5.56 Å². The average Bonchev–Trinajstić information content (AvgIpc) is 3.27. The van der Waals surface area contributed by atoms with Crippen molar-refractivity contribution in [3.63, 3.8) is 0 Å². The van der Waals surface area contributed by atoms with Gasteiger partial charge in [0, 0.05) is 32.8 Å². The number of carbonyl (C=O) groups excluding carboxylic acids is 1. The van der Waals surface area contributed by atoms with Crippen LogP contribution in [0.1, 0.15) is 34.7 Å². The summed E-state index contributed by atoms with van der Waals surface area (Å²) in [7, 11) is 3.79. The predicted octanol–water partition coefficient (Wildman–Crippen LogP) is 2.56. The largest absolute Gasteiger partial charge is 0.376 e. The molecule has 134 valence electrons. The monoisotopic (exact) mass is 343 g/mol. The lowest BCUT2D eigenvalue weighted by atomic mass is 10.2. The molecule has 1 amide bonds. The van der Waals surface area contributed by atoms with Gasteiger partial charge in [0.1, 0.15) is 0 Å². The van der Waals surface area contributed by atoms with Gasteiger partial charge in [0.2, 0.25) is 0 Å². The Morgan fingerprint density at radius 3 is 2.76 bits per heavy atom. The van der Waals surface area contributed by atoms with E-state index in [2.05, 4.69) is 22.2 Å². The summed E-state index contributed by atoms with van der Waals surface area (Å²) in [5.74, 6) is 0.559. The van der Waals surface area contributed by atoms with Crippen LogP contribution in [-0.2, 0) is 17.8 Å². The van der Waals surface area contributed by atoms with Gasteiger partial charge >= 0.3 is 0 Å². The molecule has 0 N–H and O–H groups in total. The molecule has 6 heteroatoms. The lowest BCUT2D eigenvalue weighted by Gasteiger charge is -2.19. The molecule has 1 aromatic carbocycles. The lowest BCUT2D eigenvalue weighted by Crippen LogP contribution is -2.34. The molecule has 1 aliphatic rings. The van der Waals surface area contributed by atoms with Crippen LogP contribution in [-0.4, -0.2) is 54.2 Å². The first kappa shape index (κ1) is 17.6. The van der Waals surface area contributed by atoms with Gasteiger partial charge in [-0.2, -0.15) is 0 Å². The molecule has 1 saturated heterocycles. The normalized spacial score (nSPS) is 17.2. The number of ether oxygens (including phenoxy) is 1. The molecule has 25 heavy (non-hydrogen) atoms. The van der Waals surface area contributed by atoms with Crippen molar-refractivity contribution in [2.45, 2.75) is 32.0 Å². The van der Waals surface area contributed by atoms with E-state index in [1.807, 2.05) is 25.2 Å². The predicted molar refractivity (Wildman–Crippen MR) is 94.1 cm³/mol. The number of amides is 1. The van der Waals surface area contributed by atoms with Crippen molar-refractivity contribution < 1.29 is 14.1 Å². The van der Waals surface area contributed by atoms with E-state index in [4.69, 9.17) is 9.26 Å². The Hall–Kier alpha value is -2.18. The summed E-state index contributed by atoms with van der Waals surface area (Å²) in [5.41, 5.74) is 1.58. The van der Waals surface area contributed by atoms with Gasteiger partial charge < -0.3 is 14.2 Å². The van der Waals surface area contributed by atoms with Crippen LogP contribution in [0.3, 0.4) is 0 Å². The highest BCUT2D eigenvalue weighted by atomic mass is 16.5. The highest BCUT2D eigenvalue weighted by Gasteiger charge is 2.23. The average molecular weight is 343 g/mol. The maximum atomic E-state index is 12.5. The summed E-state index contributed by atoms with van der Waals surface area (Å²) in [5, 5.41) is 3.94. The van der Waals surface area contributed by atoms with Gasteiger partial charge in [-0.3, -0.25) is 9.69 Å². The lowest BCUT2D eigenvalue weighted by molar-refractivity contribution is 0.0579. The highest BCUT2D eigenvalue weighted by Crippen LogP contribution is 2.15. The summed E-state index contributed by atoms with van der Waals surface area (Å²) in [4.78, 5) is 16.2. The SMILES string of the molecule is CN(Cc1ccccc1)Cc1cc(C(=O)N(C)CC2CCCO2)no1. The molecule has 1 fully saturated rings. The Morgan fingerprint density at radius 2 is 2.04 bits per heavy atom. The van der Waals surface area contributed by atoms with Crippen LogP contribution in [0.2, 0.25) is 0 Å². The molecule has 0 saturated carbocycles. The van der Waals surface area contributed by atoms with Crippen LogP contribution in [0.5, 0.6) is 0 Å². The van der Waals surface area contributed by atoms with E-state index >= 15 is 0 Å². The van der Waals surface area contributed by atoms with Crippen molar-refractivity contribution in [1.82, 2.24) is 15.0 Å². The van der Waals surface area contributed by atoms with Crippen LogP contribution in [0.15, 0.2) is 40.9 Å². The molecule has 0 spiro atoms. The molecular weight excluding hydrogens is 318 g/mol. The second kappa shape index (κ2) is 8.27. The van der Waals surface area contributed by atoms with E-state index in [0.29, 0.717) is 24.5 Å². The molecule has 1 unspecified atom stereocenters. The van der Waals surface area contributed by atoms with Gasteiger partial charge in [-0.1, -0.05) is 35.5 Å². The third kappa shape index (κ3) is 4.90. The van der Waals surface area contributed by atoms with E-state index in [1.54, 1.807) is 18.0 Å². The maximum absolute atomic E-state index is 12.5. The molecule has 0 radical (unpaired) electrons. The highest BCUT2D eigenvalue weighted by molar-refractivity contribution is 5.92. The molecule has 3 rings (SSSR count). The van der Waals surface area contributed by atoms with Crippen molar-refractivity contribution in [2.24, 2.45) is 0 Å². The second-order valence-electron chi connectivity index (χ2n) is 6.66. The van der Waals surface area contributed by atoms with Crippen LogP contribution in [0, 0.1) is 0 Å². The molecule has 1 aliphatic heterocycles. The van der Waals surface area contributed by atoms with Crippen LogP contribution in [0.25, 0.3) is 0 Å².